The molecule has 1 unspecified atom stereocenters. The van der Waals surface area contributed by atoms with Gasteiger partial charge in [0.2, 0.25) is 0 Å². The number of carbonyl (C=O) groups excluding carboxylic acids is 1. The van der Waals surface area contributed by atoms with Crippen LogP contribution in [-0.4, -0.2) is 23.1 Å². The molecule has 3 N–H and O–H groups in total. The van der Waals surface area contributed by atoms with Crippen LogP contribution in [0.5, 0.6) is 0 Å². The smallest absolute Gasteiger partial charge is 0.326 e. The van der Waals surface area contributed by atoms with Gasteiger partial charge < -0.3 is 15.7 Å². The second-order valence-corrected chi connectivity index (χ2v) is 4.50. The fourth-order valence-corrected chi connectivity index (χ4v) is 1.62. The van der Waals surface area contributed by atoms with Crippen molar-refractivity contribution < 1.29 is 23.5 Å². The molecular formula is C11H11BrF2N2O3. The van der Waals surface area contributed by atoms with Crippen LogP contribution >= 0.6 is 15.9 Å². The third kappa shape index (κ3) is 4.16. The summed E-state index contributed by atoms with van der Waals surface area (Å²) in [5.41, 5.74) is -0.258. The number of carbonyl (C=O) groups is 2. The van der Waals surface area contributed by atoms with E-state index in [9.17, 15) is 18.4 Å². The van der Waals surface area contributed by atoms with Gasteiger partial charge in [0.25, 0.3) is 0 Å². The Balaban J connectivity index is 2.77. The molecule has 5 nitrogen and oxygen atoms in total. The largest absolute Gasteiger partial charge is 0.480 e. The first-order valence-corrected chi connectivity index (χ1v) is 6.09. The first kappa shape index (κ1) is 15.4. The van der Waals surface area contributed by atoms with Gasteiger partial charge in [-0.25, -0.2) is 18.4 Å². The molecule has 0 spiro atoms. The van der Waals surface area contributed by atoms with Crippen molar-refractivity contribution >= 4 is 33.6 Å². The lowest BCUT2D eigenvalue weighted by molar-refractivity contribution is -0.139. The predicted octanol–water partition coefficient (Wildman–Crippen LogP) is 2.71. The van der Waals surface area contributed by atoms with Crippen molar-refractivity contribution in [2.45, 2.75) is 19.4 Å². The molecule has 0 radical (unpaired) electrons. The van der Waals surface area contributed by atoms with Gasteiger partial charge in [-0.3, -0.25) is 0 Å². The molecule has 0 saturated carbocycles. The molecule has 1 aromatic rings. The van der Waals surface area contributed by atoms with Gasteiger partial charge in [-0.2, -0.15) is 0 Å². The third-order valence-electron chi connectivity index (χ3n) is 2.27. The first-order valence-electron chi connectivity index (χ1n) is 5.30. The minimum absolute atomic E-state index is 0.0190. The number of anilines is 1. The Labute approximate surface area is 116 Å². The third-order valence-corrected chi connectivity index (χ3v) is 2.88. The predicted molar refractivity (Wildman–Crippen MR) is 67.9 cm³/mol. The Morgan fingerprint density at radius 3 is 2.53 bits per heavy atom. The standard InChI is InChI=1S/C11H11BrF2N2O3/c1-2-8(10(17)18)15-11(19)16-9-3-5(12)6(13)4-7(9)14/h3-4,8H,2H2,1H3,(H,17,18)(H2,15,16,19). The second kappa shape index (κ2) is 6.46. The van der Waals surface area contributed by atoms with Gasteiger partial charge in [-0.05, 0) is 28.4 Å². The summed E-state index contributed by atoms with van der Waals surface area (Å²) >= 11 is 2.85. The summed E-state index contributed by atoms with van der Waals surface area (Å²) in [6, 6.07) is -0.307. The highest BCUT2D eigenvalue weighted by Gasteiger charge is 2.18. The van der Waals surface area contributed by atoms with Gasteiger partial charge in [-0.1, -0.05) is 6.92 Å². The fourth-order valence-electron chi connectivity index (χ4n) is 1.27. The van der Waals surface area contributed by atoms with Crippen molar-refractivity contribution in [1.29, 1.82) is 0 Å². The molecule has 104 valence electrons. The molecule has 0 heterocycles. The normalized spacial score (nSPS) is 11.8. The number of rotatable bonds is 4. The lowest BCUT2D eigenvalue weighted by Gasteiger charge is -2.13. The monoisotopic (exact) mass is 336 g/mol. The Bertz CT molecular complexity index is 511. The molecule has 8 heteroatoms. The number of aliphatic carboxylic acids is 1. The second-order valence-electron chi connectivity index (χ2n) is 3.64. The Morgan fingerprint density at radius 2 is 2.00 bits per heavy atom. The van der Waals surface area contributed by atoms with Crippen molar-refractivity contribution in [3.63, 3.8) is 0 Å². The summed E-state index contributed by atoms with van der Waals surface area (Å²) in [6.45, 7) is 1.58. The van der Waals surface area contributed by atoms with Gasteiger partial charge in [-0.15, -0.1) is 0 Å². The minimum atomic E-state index is -1.20. The quantitative estimate of drug-likeness (QED) is 0.739. The van der Waals surface area contributed by atoms with Crippen LogP contribution < -0.4 is 10.6 Å². The van der Waals surface area contributed by atoms with Gasteiger partial charge >= 0.3 is 12.0 Å². The van der Waals surface area contributed by atoms with Gasteiger partial charge in [0.15, 0.2) is 0 Å². The van der Waals surface area contributed by atoms with E-state index in [2.05, 4.69) is 26.6 Å². The zero-order valence-corrected chi connectivity index (χ0v) is 11.4. The minimum Gasteiger partial charge on any atom is -0.480 e. The number of benzene rings is 1. The van der Waals surface area contributed by atoms with Crippen molar-refractivity contribution in [3.05, 3.63) is 28.2 Å². The number of hydrogen-bond donors (Lipinski definition) is 3. The maximum atomic E-state index is 13.3. The summed E-state index contributed by atoms with van der Waals surface area (Å²) in [5, 5.41) is 13.0. The van der Waals surface area contributed by atoms with E-state index in [0.29, 0.717) is 6.07 Å². The first-order chi connectivity index (χ1) is 8.85. The van der Waals surface area contributed by atoms with Crippen molar-refractivity contribution in [1.82, 2.24) is 5.32 Å². The van der Waals surface area contributed by atoms with E-state index >= 15 is 0 Å². The summed E-state index contributed by atoms with van der Waals surface area (Å²) < 4.78 is 26.3. The van der Waals surface area contributed by atoms with Crippen molar-refractivity contribution in [2.75, 3.05) is 5.32 Å². The van der Waals surface area contributed by atoms with Crippen molar-refractivity contribution in [2.24, 2.45) is 0 Å². The van der Waals surface area contributed by atoms with Crippen LogP contribution in [0.1, 0.15) is 13.3 Å². The van der Waals surface area contributed by atoms with Gasteiger partial charge in [0, 0.05) is 6.07 Å². The number of halogens is 3. The van der Waals surface area contributed by atoms with Crippen LogP contribution in [-0.2, 0) is 4.79 Å². The molecule has 0 saturated heterocycles. The number of carboxylic acids is 1. The van der Waals surface area contributed by atoms with Crippen LogP contribution in [0.3, 0.4) is 0 Å². The Kier molecular flexibility index (Phi) is 5.22. The Morgan fingerprint density at radius 1 is 1.37 bits per heavy atom. The average Bonchev–Trinajstić information content (AvgIpc) is 2.32. The number of hydrogen-bond acceptors (Lipinski definition) is 2. The summed E-state index contributed by atoms with van der Waals surface area (Å²) in [4.78, 5) is 22.2. The molecule has 0 aliphatic carbocycles. The van der Waals surface area contributed by atoms with E-state index in [0.717, 1.165) is 6.07 Å². The Hall–Kier alpha value is -1.70. The number of nitrogens with one attached hydrogen (secondary N) is 2. The molecule has 19 heavy (non-hydrogen) atoms. The highest BCUT2D eigenvalue weighted by molar-refractivity contribution is 9.10. The molecule has 0 aliphatic heterocycles. The number of amides is 2. The SMILES string of the molecule is CCC(NC(=O)Nc1cc(Br)c(F)cc1F)C(=O)O. The van der Waals surface area contributed by atoms with E-state index in [4.69, 9.17) is 5.11 Å². The zero-order chi connectivity index (χ0) is 14.6. The van der Waals surface area contributed by atoms with Crippen molar-refractivity contribution in [3.8, 4) is 0 Å². The average molecular weight is 337 g/mol. The zero-order valence-electron chi connectivity index (χ0n) is 9.84. The van der Waals surface area contributed by atoms with Crippen LogP contribution in [0.2, 0.25) is 0 Å². The highest BCUT2D eigenvalue weighted by Crippen LogP contribution is 2.23. The lowest BCUT2D eigenvalue weighted by atomic mass is 10.2. The molecule has 0 bridgehead atoms. The topological polar surface area (TPSA) is 78.4 Å². The maximum Gasteiger partial charge on any atom is 0.326 e. The van der Waals surface area contributed by atoms with Crippen LogP contribution in [0.4, 0.5) is 19.3 Å². The molecule has 0 fully saturated rings. The molecule has 1 atom stereocenters. The molecule has 1 rings (SSSR count). The van der Waals surface area contributed by atoms with E-state index < -0.39 is 29.7 Å². The summed E-state index contributed by atoms with van der Waals surface area (Å²) in [5.74, 6) is -2.96. The van der Waals surface area contributed by atoms with Crippen LogP contribution in [0.25, 0.3) is 0 Å². The van der Waals surface area contributed by atoms with E-state index in [-0.39, 0.29) is 16.6 Å². The van der Waals surface area contributed by atoms with Crippen LogP contribution in [0, 0.1) is 11.6 Å². The van der Waals surface area contributed by atoms with Gasteiger partial charge in [0.05, 0.1) is 10.2 Å². The summed E-state index contributed by atoms with van der Waals surface area (Å²) in [6.07, 6.45) is 0.179. The molecular weight excluding hydrogens is 326 g/mol. The van der Waals surface area contributed by atoms with E-state index in [1.54, 1.807) is 6.92 Å². The molecule has 2 amide bonds. The molecule has 0 aliphatic rings. The van der Waals surface area contributed by atoms with E-state index in [1.165, 1.54) is 0 Å². The molecule has 1 aromatic carbocycles. The van der Waals surface area contributed by atoms with Crippen LogP contribution in [0.15, 0.2) is 16.6 Å². The van der Waals surface area contributed by atoms with Gasteiger partial charge in [0.1, 0.15) is 17.7 Å². The lowest BCUT2D eigenvalue weighted by Crippen LogP contribution is -2.42. The van der Waals surface area contributed by atoms with E-state index in [1.807, 2.05) is 0 Å². The maximum absolute atomic E-state index is 13.3. The number of carboxylic acid groups (broad SMARTS) is 1. The molecule has 0 aromatic heterocycles. The number of urea groups is 1. The fraction of sp³-hybridized carbons (Fsp3) is 0.273. The summed E-state index contributed by atoms with van der Waals surface area (Å²) in [7, 11) is 0. The highest BCUT2D eigenvalue weighted by atomic mass is 79.9.